The van der Waals surface area contributed by atoms with Gasteiger partial charge < -0.3 is 10.5 Å². The second-order valence-electron chi connectivity index (χ2n) is 4.15. The molecule has 0 bridgehead atoms. The molecule has 1 aliphatic rings. The summed E-state index contributed by atoms with van der Waals surface area (Å²) in [5.41, 5.74) is 7.26. The highest BCUT2D eigenvalue weighted by Gasteiger charge is 2.33. The molecular weight excluding hydrogens is 254 g/mol. The van der Waals surface area contributed by atoms with E-state index in [0.717, 1.165) is 30.5 Å². The Kier molecular flexibility index (Phi) is 3.44. The van der Waals surface area contributed by atoms with E-state index in [1.807, 2.05) is 0 Å². The molecule has 2 rings (SSSR count). The maximum Gasteiger partial charge on any atom is 0.0575 e. The van der Waals surface area contributed by atoms with E-state index in [1.165, 1.54) is 5.56 Å². The van der Waals surface area contributed by atoms with Crippen LogP contribution in [0.3, 0.4) is 0 Å². The Balaban J connectivity index is 2.28. The minimum atomic E-state index is 0.0406. The third-order valence-electron chi connectivity index (χ3n) is 3.17. The minimum absolute atomic E-state index is 0.0406. The normalized spacial score (nSPS) is 26.5. The fraction of sp³-hybridized carbons (Fsp3) is 0.500. The molecule has 1 atom stereocenters. The zero-order valence-corrected chi connectivity index (χ0v) is 10.3. The Labute approximate surface area is 98.9 Å². The average molecular weight is 270 g/mol. The third kappa shape index (κ3) is 2.25. The van der Waals surface area contributed by atoms with Gasteiger partial charge in [-0.2, -0.15) is 0 Å². The van der Waals surface area contributed by atoms with E-state index in [4.69, 9.17) is 10.5 Å². The second kappa shape index (κ2) is 4.64. The maximum atomic E-state index is 5.92. The van der Waals surface area contributed by atoms with Crippen molar-refractivity contribution in [2.24, 2.45) is 5.73 Å². The highest BCUT2D eigenvalue weighted by atomic mass is 79.9. The summed E-state index contributed by atoms with van der Waals surface area (Å²) in [5.74, 6) is 0. The predicted molar refractivity (Wildman–Crippen MR) is 64.9 cm³/mol. The van der Waals surface area contributed by atoms with E-state index >= 15 is 0 Å². The first-order chi connectivity index (χ1) is 7.27. The molecule has 0 spiro atoms. The number of hydrogen-bond donors (Lipinski definition) is 1. The van der Waals surface area contributed by atoms with Crippen molar-refractivity contribution in [1.82, 2.24) is 0 Å². The predicted octanol–water partition coefficient (Wildman–Crippen LogP) is 2.46. The molecular formula is C12H16BrNO. The summed E-state index contributed by atoms with van der Waals surface area (Å²) in [6.45, 7) is 2.29. The molecule has 15 heavy (non-hydrogen) atoms. The molecule has 1 aromatic carbocycles. The van der Waals surface area contributed by atoms with Gasteiger partial charge in [-0.15, -0.1) is 0 Å². The van der Waals surface area contributed by atoms with Crippen molar-refractivity contribution >= 4 is 15.9 Å². The van der Waals surface area contributed by atoms with Gasteiger partial charge in [0, 0.05) is 23.0 Å². The Hall–Kier alpha value is -0.380. The molecule has 1 unspecified atom stereocenters. The highest BCUT2D eigenvalue weighted by molar-refractivity contribution is 9.10. The van der Waals surface area contributed by atoms with Gasteiger partial charge in [-0.05, 0) is 30.5 Å². The molecule has 0 amide bonds. The lowest BCUT2D eigenvalue weighted by Gasteiger charge is -2.36. The summed E-state index contributed by atoms with van der Waals surface area (Å²) >= 11 is 3.45. The second-order valence-corrected chi connectivity index (χ2v) is 5.06. The Morgan fingerprint density at radius 3 is 2.60 bits per heavy atom. The third-order valence-corrected chi connectivity index (χ3v) is 3.70. The van der Waals surface area contributed by atoms with Crippen LogP contribution in [-0.4, -0.2) is 19.8 Å². The molecule has 1 aliphatic heterocycles. The van der Waals surface area contributed by atoms with Gasteiger partial charge in [0.25, 0.3) is 0 Å². The molecule has 0 saturated carbocycles. The van der Waals surface area contributed by atoms with Gasteiger partial charge in [0.2, 0.25) is 0 Å². The fourth-order valence-corrected chi connectivity index (χ4v) is 2.43. The molecule has 1 aromatic rings. The average Bonchev–Trinajstić information content (AvgIpc) is 2.31. The Morgan fingerprint density at radius 2 is 2.07 bits per heavy atom. The molecule has 0 radical (unpaired) electrons. The van der Waals surface area contributed by atoms with Crippen LogP contribution in [0.4, 0.5) is 0 Å². The van der Waals surface area contributed by atoms with Gasteiger partial charge in [-0.1, -0.05) is 28.1 Å². The molecule has 2 nitrogen and oxygen atoms in total. The zero-order valence-electron chi connectivity index (χ0n) is 8.71. The van der Waals surface area contributed by atoms with Gasteiger partial charge in [-0.25, -0.2) is 0 Å². The van der Waals surface area contributed by atoms with Gasteiger partial charge in [0.1, 0.15) is 0 Å². The van der Waals surface area contributed by atoms with Crippen LogP contribution in [0.15, 0.2) is 28.7 Å². The quantitative estimate of drug-likeness (QED) is 0.896. The molecule has 1 fully saturated rings. The highest BCUT2D eigenvalue weighted by Crippen LogP contribution is 2.32. The topological polar surface area (TPSA) is 35.2 Å². The number of nitrogens with two attached hydrogens (primary N) is 1. The van der Waals surface area contributed by atoms with Crippen molar-refractivity contribution in [3.63, 3.8) is 0 Å². The molecule has 1 heterocycles. The number of rotatable bonds is 2. The zero-order chi connectivity index (χ0) is 10.7. The van der Waals surface area contributed by atoms with Crippen LogP contribution < -0.4 is 5.73 Å². The van der Waals surface area contributed by atoms with Gasteiger partial charge >= 0.3 is 0 Å². The summed E-state index contributed by atoms with van der Waals surface area (Å²) in [7, 11) is 0. The molecule has 0 aromatic heterocycles. The number of benzene rings is 1. The number of halogens is 1. The smallest absolute Gasteiger partial charge is 0.0575 e. The van der Waals surface area contributed by atoms with Crippen molar-refractivity contribution in [1.29, 1.82) is 0 Å². The van der Waals surface area contributed by atoms with Gasteiger partial charge in [0.15, 0.2) is 0 Å². The van der Waals surface area contributed by atoms with Crippen LogP contribution in [0.1, 0.15) is 18.4 Å². The molecule has 1 saturated heterocycles. The summed E-state index contributed by atoms with van der Waals surface area (Å²) < 4.78 is 6.68. The van der Waals surface area contributed by atoms with Crippen LogP contribution in [0.2, 0.25) is 0 Å². The standard InChI is InChI=1S/C12H16BrNO/c13-11-4-2-10(3-5-11)12(8-14)6-1-7-15-9-12/h2-5H,1,6-9,14H2. The minimum Gasteiger partial charge on any atom is -0.380 e. The van der Waals surface area contributed by atoms with Crippen LogP contribution in [-0.2, 0) is 10.2 Å². The van der Waals surface area contributed by atoms with Gasteiger partial charge in [0.05, 0.1) is 6.61 Å². The van der Waals surface area contributed by atoms with Gasteiger partial charge in [-0.3, -0.25) is 0 Å². The number of hydrogen-bond acceptors (Lipinski definition) is 2. The first kappa shape index (κ1) is 11.1. The maximum absolute atomic E-state index is 5.92. The Bertz CT molecular complexity index is 317. The fourth-order valence-electron chi connectivity index (χ4n) is 2.16. The lowest BCUT2D eigenvalue weighted by Crippen LogP contribution is -2.42. The van der Waals surface area contributed by atoms with E-state index < -0.39 is 0 Å². The van der Waals surface area contributed by atoms with Crippen molar-refractivity contribution < 1.29 is 4.74 Å². The van der Waals surface area contributed by atoms with E-state index in [9.17, 15) is 0 Å². The van der Waals surface area contributed by atoms with Crippen molar-refractivity contribution in [2.45, 2.75) is 18.3 Å². The van der Waals surface area contributed by atoms with Crippen LogP contribution in [0.5, 0.6) is 0 Å². The van der Waals surface area contributed by atoms with Crippen LogP contribution >= 0.6 is 15.9 Å². The molecule has 82 valence electrons. The van der Waals surface area contributed by atoms with E-state index in [1.54, 1.807) is 0 Å². The van der Waals surface area contributed by atoms with Crippen molar-refractivity contribution in [3.8, 4) is 0 Å². The first-order valence-electron chi connectivity index (χ1n) is 5.31. The summed E-state index contributed by atoms with van der Waals surface area (Å²) in [5, 5.41) is 0. The SMILES string of the molecule is NCC1(c2ccc(Br)cc2)CCCOC1. The van der Waals surface area contributed by atoms with E-state index in [0.29, 0.717) is 6.54 Å². The largest absolute Gasteiger partial charge is 0.380 e. The number of ether oxygens (including phenoxy) is 1. The summed E-state index contributed by atoms with van der Waals surface area (Å²) in [6.07, 6.45) is 2.23. The molecule has 3 heteroatoms. The van der Waals surface area contributed by atoms with Crippen LogP contribution in [0.25, 0.3) is 0 Å². The first-order valence-corrected chi connectivity index (χ1v) is 6.10. The lowest BCUT2D eigenvalue weighted by atomic mass is 9.76. The molecule has 2 N–H and O–H groups in total. The van der Waals surface area contributed by atoms with E-state index in [2.05, 4.69) is 40.2 Å². The van der Waals surface area contributed by atoms with Crippen molar-refractivity contribution in [3.05, 3.63) is 34.3 Å². The van der Waals surface area contributed by atoms with Crippen molar-refractivity contribution in [2.75, 3.05) is 19.8 Å². The Morgan fingerprint density at radius 1 is 1.33 bits per heavy atom. The summed E-state index contributed by atoms with van der Waals surface area (Å²) in [6, 6.07) is 8.43. The van der Waals surface area contributed by atoms with E-state index in [-0.39, 0.29) is 5.41 Å². The lowest BCUT2D eigenvalue weighted by molar-refractivity contribution is 0.0377. The molecule has 0 aliphatic carbocycles. The summed E-state index contributed by atoms with van der Waals surface area (Å²) in [4.78, 5) is 0. The van der Waals surface area contributed by atoms with Crippen LogP contribution in [0, 0.1) is 0 Å². The monoisotopic (exact) mass is 269 g/mol.